The van der Waals surface area contributed by atoms with E-state index in [0.29, 0.717) is 6.61 Å². The van der Waals surface area contributed by atoms with Gasteiger partial charge in [0.25, 0.3) is 0 Å². The molecule has 17 heavy (non-hydrogen) atoms. The number of halogens is 4. The van der Waals surface area contributed by atoms with Crippen LogP contribution in [0.1, 0.15) is 11.7 Å². The minimum absolute atomic E-state index is 0.0477. The lowest BCUT2D eigenvalue weighted by Gasteiger charge is -2.21. The van der Waals surface area contributed by atoms with Crippen LogP contribution in [0.15, 0.2) is 24.3 Å². The molecule has 6 heteroatoms. The van der Waals surface area contributed by atoms with Crippen LogP contribution >= 0.6 is 11.6 Å². The number of ether oxygens (including phenoxy) is 2. The fourth-order valence-electron chi connectivity index (χ4n) is 1.42. The van der Waals surface area contributed by atoms with Crippen LogP contribution in [-0.4, -0.2) is 25.5 Å². The fourth-order valence-corrected chi connectivity index (χ4v) is 1.65. The van der Waals surface area contributed by atoms with Gasteiger partial charge in [-0.3, -0.25) is 0 Å². The molecule has 1 aromatic rings. The first-order valence-electron chi connectivity index (χ1n) is 5.03. The van der Waals surface area contributed by atoms with Crippen LogP contribution in [0.25, 0.3) is 0 Å². The van der Waals surface area contributed by atoms with Crippen molar-refractivity contribution < 1.29 is 22.6 Å². The summed E-state index contributed by atoms with van der Waals surface area (Å²) in [5.74, 6) is 0. The number of epoxide rings is 1. The molecule has 0 radical (unpaired) electrons. The predicted molar refractivity (Wildman–Crippen MR) is 55.9 cm³/mol. The van der Waals surface area contributed by atoms with Gasteiger partial charge in [-0.1, -0.05) is 29.8 Å². The normalized spacial score (nSPS) is 21.3. The lowest BCUT2D eigenvalue weighted by molar-refractivity contribution is -0.224. The van der Waals surface area contributed by atoms with Gasteiger partial charge in [-0.05, 0) is 6.07 Å². The van der Waals surface area contributed by atoms with E-state index >= 15 is 0 Å². The van der Waals surface area contributed by atoms with Gasteiger partial charge in [-0.25, -0.2) is 0 Å². The molecule has 0 aromatic heterocycles. The third-order valence-corrected chi connectivity index (χ3v) is 2.68. The van der Waals surface area contributed by atoms with Crippen molar-refractivity contribution >= 4 is 11.6 Å². The zero-order valence-corrected chi connectivity index (χ0v) is 9.46. The summed E-state index contributed by atoms with van der Waals surface area (Å²) in [6.07, 6.45) is -6.71. The van der Waals surface area contributed by atoms with Gasteiger partial charge in [0, 0.05) is 10.6 Å². The van der Waals surface area contributed by atoms with Crippen LogP contribution in [0.4, 0.5) is 13.2 Å². The molecule has 1 aliphatic rings. The molecule has 1 saturated heterocycles. The minimum Gasteiger partial charge on any atom is -0.371 e. The number of benzene rings is 1. The first-order chi connectivity index (χ1) is 7.98. The zero-order valence-electron chi connectivity index (χ0n) is 8.71. The average molecular weight is 267 g/mol. The zero-order chi connectivity index (χ0) is 12.5. The highest BCUT2D eigenvalue weighted by molar-refractivity contribution is 6.31. The molecule has 2 atom stereocenters. The summed E-state index contributed by atoms with van der Waals surface area (Å²) >= 11 is 5.74. The molecule has 1 fully saturated rings. The van der Waals surface area contributed by atoms with Gasteiger partial charge in [0.05, 0.1) is 13.2 Å². The largest absolute Gasteiger partial charge is 0.418 e. The van der Waals surface area contributed by atoms with Crippen LogP contribution in [0.5, 0.6) is 0 Å². The molecule has 0 spiro atoms. The molecular formula is C11H10ClF3O2. The second kappa shape index (κ2) is 4.84. The van der Waals surface area contributed by atoms with Gasteiger partial charge in [0.2, 0.25) is 0 Å². The molecule has 1 aromatic carbocycles. The lowest BCUT2D eigenvalue weighted by Crippen LogP contribution is -2.25. The van der Waals surface area contributed by atoms with Crippen molar-refractivity contribution in [2.75, 3.05) is 13.2 Å². The highest BCUT2D eigenvalue weighted by Crippen LogP contribution is 2.39. The molecule has 0 unspecified atom stereocenters. The molecule has 1 heterocycles. The predicted octanol–water partition coefficient (Wildman–Crippen LogP) is 3.36. The van der Waals surface area contributed by atoms with Crippen molar-refractivity contribution in [1.29, 1.82) is 0 Å². The van der Waals surface area contributed by atoms with E-state index in [4.69, 9.17) is 21.1 Å². The van der Waals surface area contributed by atoms with E-state index in [0.717, 1.165) is 0 Å². The van der Waals surface area contributed by atoms with Gasteiger partial charge in [0.1, 0.15) is 6.10 Å². The van der Waals surface area contributed by atoms with Gasteiger partial charge in [-0.15, -0.1) is 0 Å². The Morgan fingerprint density at radius 2 is 2.06 bits per heavy atom. The van der Waals surface area contributed by atoms with E-state index in [-0.39, 0.29) is 23.3 Å². The summed E-state index contributed by atoms with van der Waals surface area (Å²) in [5, 5.41) is 0.0477. The van der Waals surface area contributed by atoms with Crippen molar-refractivity contribution in [3.05, 3.63) is 34.9 Å². The Kier molecular flexibility index (Phi) is 3.61. The van der Waals surface area contributed by atoms with Crippen LogP contribution in [0.3, 0.4) is 0 Å². The molecule has 0 saturated carbocycles. The molecule has 0 N–H and O–H groups in total. The lowest BCUT2D eigenvalue weighted by atomic mass is 10.1. The second-order valence-electron chi connectivity index (χ2n) is 3.73. The molecule has 0 aliphatic carbocycles. The monoisotopic (exact) mass is 266 g/mol. The fraction of sp³-hybridized carbons (Fsp3) is 0.455. The third kappa shape index (κ3) is 3.34. The average Bonchev–Trinajstić information content (AvgIpc) is 3.03. The van der Waals surface area contributed by atoms with Crippen molar-refractivity contribution in [3.8, 4) is 0 Å². The molecule has 94 valence electrons. The maximum absolute atomic E-state index is 12.8. The summed E-state index contributed by atoms with van der Waals surface area (Å²) < 4.78 is 48.2. The van der Waals surface area contributed by atoms with E-state index < -0.39 is 12.3 Å². The van der Waals surface area contributed by atoms with E-state index in [1.807, 2.05) is 0 Å². The molecule has 2 nitrogen and oxygen atoms in total. The van der Waals surface area contributed by atoms with Crippen molar-refractivity contribution in [1.82, 2.24) is 0 Å². The maximum Gasteiger partial charge on any atom is 0.418 e. The number of hydrogen-bond donors (Lipinski definition) is 0. The van der Waals surface area contributed by atoms with Crippen molar-refractivity contribution in [3.63, 3.8) is 0 Å². The molecule has 0 amide bonds. The Labute approximate surface area is 101 Å². The summed E-state index contributed by atoms with van der Waals surface area (Å²) in [5.41, 5.74) is -0.0673. The van der Waals surface area contributed by atoms with Crippen LogP contribution in [0.2, 0.25) is 5.02 Å². The standard InChI is InChI=1S/C11H10ClF3O2/c12-9-4-2-1-3-8(9)10(11(13,14)15)17-6-7-5-16-7/h1-4,7,10H,5-6H2/t7-,10-/m1/s1. The maximum atomic E-state index is 12.8. The van der Waals surface area contributed by atoms with Gasteiger partial charge in [-0.2, -0.15) is 13.2 Å². The molecular weight excluding hydrogens is 257 g/mol. The van der Waals surface area contributed by atoms with Gasteiger partial charge >= 0.3 is 6.18 Å². The molecule has 1 aliphatic heterocycles. The number of alkyl halides is 3. The van der Waals surface area contributed by atoms with E-state index in [9.17, 15) is 13.2 Å². The second-order valence-corrected chi connectivity index (χ2v) is 4.14. The summed E-state index contributed by atoms with van der Waals surface area (Å²) in [7, 11) is 0. The highest BCUT2D eigenvalue weighted by Gasteiger charge is 2.43. The first kappa shape index (κ1) is 12.7. The number of hydrogen-bond acceptors (Lipinski definition) is 2. The van der Waals surface area contributed by atoms with Crippen LogP contribution in [-0.2, 0) is 9.47 Å². The topological polar surface area (TPSA) is 21.8 Å². The van der Waals surface area contributed by atoms with Crippen LogP contribution in [0, 0.1) is 0 Å². The summed E-state index contributed by atoms with van der Waals surface area (Å²) in [6, 6.07) is 5.79. The molecule has 0 bridgehead atoms. The Hall–Kier alpha value is -0.780. The van der Waals surface area contributed by atoms with E-state index in [2.05, 4.69) is 0 Å². The van der Waals surface area contributed by atoms with Crippen molar-refractivity contribution in [2.45, 2.75) is 18.4 Å². The summed E-state index contributed by atoms with van der Waals surface area (Å²) in [4.78, 5) is 0. The Balaban J connectivity index is 2.16. The summed E-state index contributed by atoms with van der Waals surface area (Å²) in [6.45, 7) is 0.377. The Morgan fingerprint density at radius 1 is 1.41 bits per heavy atom. The molecule has 2 rings (SSSR count). The Morgan fingerprint density at radius 3 is 2.59 bits per heavy atom. The quantitative estimate of drug-likeness (QED) is 0.780. The van der Waals surface area contributed by atoms with Crippen molar-refractivity contribution in [2.24, 2.45) is 0 Å². The number of rotatable bonds is 4. The first-order valence-corrected chi connectivity index (χ1v) is 5.40. The Bertz CT molecular complexity index is 391. The highest BCUT2D eigenvalue weighted by atomic mass is 35.5. The van der Waals surface area contributed by atoms with Gasteiger partial charge < -0.3 is 9.47 Å². The minimum atomic E-state index is -4.49. The third-order valence-electron chi connectivity index (χ3n) is 2.34. The van der Waals surface area contributed by atoms with Gasteiger partial charge in [0.15, 0.2) is 6.10 Å². The van der Waals surface area contributed by atoms with E-state index in [1.54, 1.807) is 6.07 Å². The van der Waals surface area contributed by atoms with E-state index in [1.165, 1.54) is 18.2 Å². The smallest absolute Gasteiger partial charge is 0.371 e. The SMILES string of the molecule is FC(F)(F)[C@H](OC[C@H]1CO1)c1ccccc1Cl. The van der Waals surface area contributed by atoms with Crippen LogP contribution < -0.4 is 0 Å².